The van der Waals surface area contributed by atoms with Crippen LogP contribution in [0.25, 0.3) is 0 Å². The van der Waals surface area contributed by atoms with E-state index >= 15 is 0 Å². The molecule has 110 valence electrons. The Morgan fingerprint density at radius 1 is 1.00 bits per heavy atom. The Morgan fingerprint density at radius 2 is 1.75 bits per heavy atom. The van der Waals surface area contributed by atoms with Crippen molar-refractivity contribution in [1.29, 1.82) is 0 Å². The molecule has 1 heterocycles. The Bertz CT molecular complexity index is 423. The number of nitrogens with zero attached hydrogens (tertiary/aromatic N) is 1. The van der Waals surface area contributed by atoms with Gasteiger partial charge >= 0.3 is 0 Å². The van der Waals surface area contributed by atoms with Crippen molar-refractivity contribution in [1.82, 2.24) is 4.90 Å². The van der Waals surface area contributed by atoms with E-state index in [1.807, 2.05) is 0 Å². The smallest absolute Gasteiger partial charge is 0.0239 e. The monoisotopic (exact) mass is 272 g/mol. The van der Waals surface area contributed by atoms with Crippen LogP contribution in [-0.2, 0) is 13.0 Å². The number of hydrogen-bond donors (Lipinski definition) is 1. The quantitative estimate of drug-likeness (QED) is 0.890. The Labute approximate surface area is 123 Å². The molecular weight excluding hydrogens is 244 g/mol. The zero-order valence-electron chi connectivity index (χ0n) is 12.6. The van der Waals surface area contributed by atoms with Crippen molar-refractivity contribution in [2.24, 2.45) is 11.7 Å². The summed E-state index contributed by atoms with van der Waals surface area (Å²) in [5, 5.41) is 0. The fourth-order valence-corrected chi connectivity index (χ4v) is 4.25. The van der Waals surface area contributed by atoms with Crippen molar-refractivity contribution in [3.05, 3.63) is 35.4 Å². The van der Waals surface area contributed by atoms with Crippen LogP contribution >= 0.6 is 0 Å². The van der Waals surface area contributed by atoms with E-state index in [2.05, 4.69) is 29.2 Å². The minimum Gasteiger partial charge on any atom is -0.330 e. The summed E-state index contributed by atoms with van der Waals surface area (Å²) in [6.45, 7) is 3.18. The van der Waals surface area contributed by atoms with Gasteiger partial charge in [-0.1, -0.05) is 37.1 Å². The summed E-state index contributed by atoms with van der Waals surface area (Å²) < 4.78 is 0. The SMILES string of the molecule is NCCc1ccccc1CN1CCCC1C1CCCC1. The van der Waals surface area contributed by atoms with Crippen molar-refractivity contribution >= 4 is 0 Å². The largest absolute Gasteiger partial charge is 0.330 e. The van der Waals surface area contributed by atoms with E-state index in [-0.39, 0.29) is 0 Å². The Morgan fingerprint density at radius 3 is 2.50 bits per heavy atom. The minimum absolute atomic E-state index is 0.753. The standard InChI is InChI=1S/C18H28N2/c19-12-11-15-6-1-4-9-17(15)14-20-13-5-10-18(20)16-7-2-3-8-16/h1,4,6,9,16,18H,2-3,5,7-8,10-14,19H2. The van der Waals surface area contributed by atoms with Crippen LogP contribution < -0.4 is 5.73 Å². The predicted octanol–water partition coefficient (Wildman–Crippen LogP) is 3.34. The van der Waals surface area contributed by atoms with E-state index < -0.39 is 0 Å². The maximum absolute atomic E-state index is 5.75. The van der Waals surface area contributed by atoms with Gasteiger partial charge in [-0.2, -0.15) is 0 Å². The Balaban J connectivity index is 1.69. The first kappa shape index (κ1) is 14.1. The van der Waals surface area contributed by atoms with Gasteiger partial charge in [0.2, 0.25) is 0 Å². The van der Waals surface area contributed by atoms with Gasteiger partial charge in [0.15, 0.2) is 0 Å². The number of benzene rings is 1. The molecule has 0 spiro atoms. The number of likely N-dealkylation sites (tertiary alicyclic amines) is 1. The molecule has 0 amide bonds. The summed E-state index contributed by atoms with van der Waals surface area (Å²) in [5.74, 6) is 0.971. The zero-order chi connectivity index (χ0) is 13.8. The molecule has 1 aliphatic carbocycles. The molecule has 20 heavy (non-hydrogen) atoms. The molecule has 1 saturated heterocycles. The van der Waals surface area contributed by atoms with Gasteiger partial charge in [0, 0.05) is 12.6 Å². The fraction of sp³-hybridized carbons (Fsp3) is 0.667. The Hall–Kier alpha value is -0.860. The minimum atomic E-state index is 0.753. The molecule has 2 N–H and O–H groups in total. The predicted molar refractivity (Wildman–Crippen MR) is 84.6 cm³/mol. The molecule has 1 aliphatic heterocycles. The lowest BCUT2D eigenvalue weighted by molar-refractivity contribution is 0.183. The number of hydrogen-bond acceptors (Lipinski definition) is 2. The van der Waals surface area contributed by atoms with Crippen molar-refractivity contribution in [2.45, 2.75) is 57.5 Å². The molecule has 1 aromatic carbocycles. The fourth-order valence-electron chi connectivity index (χ4n) is 4.25. The van der Waals surface area contributed by atoms with E-state index in [1.165, 1.54) is 56.2 Å². The van der Waals surface area contributed by atoms with Crippen LogP contribution in [0.3, 0.4) is 0 Å². The van der Waals surface area contributed by atoms with E-state index in [0.29, 0.717) is 0 Å². The summed E-state index contributed by atoms with van der Waals surface area (Å²) in [4.78, 5) is 2.76. The topological polar surface area (TPSA) is 29.3 Å². The number of nitrogens with two attached hydrogens (primary N) is 1. The van der Waals surface area contributed by atoms with Gasteiger partial charge in [0.25, 0.3) is 0 Å². The maximum Gasteiger partial charge on any atom is 0.0239 e. The van der Waals surface area contributed by atoms with Gasteiger partial charge in [0.1, 0.15) is 0 Å². The molecule has 1 saturated carbocycles. The van der Waals surface area contributed by atoms with Crippen LogP contribution in [0.15, 0.2) is 24.3 Å². The normalized spacial score (nSPS) is 24.6. The van der Waals surface area contributed by atoms with E-state index in [1.54, 1.807) is 0 Å². The van der Waals surface area contributed by atoms with E-state index in [9.17, 15) is 0 Å². The molecule has 1 unspecified atom stereocenters. The lowest BCUT2D eigenvalue weighted by Gasteiger charge is -2.30. The van der Waals surface area contributed by atoms with Crippen molar-refractivity contribution in [2.75, 3.05) is 13.1 Å². The molecule has 1 aromatic rings. The highest BCUT2D eigenvalue weighted by atomic mass is 15.2. The van der Waals surface area contributed by atoms with Gasteiger partial charge in [-0.05, 0) is 62.2 Å². The van der Waals surface area contributed by atoms with Crippen LogP contribution in [0, 0.1) is 5.92 Å². The molecule has 2 fully saturated rings. The summed E-state index contributed by atoms with van der Waals surface area (Å²) in [6, 6.07) is 9.73. The first-order valence-corrected chi connectivity index (χ1v) is 8.39. The third-order valence-corrected chi connectivity index (χ3v) is 5.26. The lowest BCUT2D eigenvalue weighted by atomic mass is 9.95. The second kappa shape index (κ2) is 6.73. The second-order valence-corrected chi connectivity index (χ2v) is 6.53. The molecule has 2 heteroatoms. The van der Waals surface area contributed by atoms with Crippen LogP contribution in [0.4, 0.5) is 0 Å². The van der Waals surface area contributed by atoms with Crippen LogP contribution in [0.5, 0.6) is 0 Å². The zero-order valence-corrected chi connectivity index (χ0v) is 12.6. The molecule has 0 radical (unpaired) electrons. The van der Waals surface area contributed by atoms with Gasteiger partial charge in [-0.15, -0.1) is 0 Å². The summed E-state index contributed by atoms with van der Waals surface area (Å²) >= 11 is 0. The van der Waals surface area contributed by atoms with Crippen LogP contribution in [0.1, 0.15) is 49.7 Å². The van der Waals surface area contributed by atoms with Gasteiger partial charge in [-0.3, -0.25) is 4.90 Å². The average molecular weight is 272 g/mol. The third-order valence-electron chi connectivity index (χ3n) is 5.26. The van der Waals surface area contributed by atoms with Crippen molar-refractivity contribution in [3.63, 3.8) is 0 Å². The van der Waals surface area contributed by atoms with Gasteiger partial charge in [0.05, 0.1) is 0 Å². The summed E-state index contributed by atoms with van der Waals surface area (Å²) in [6.07, 6.45) is 9.66. The highest BCUT2D eigenvalue weighted by Gasteiger charge is 2.33. The molecule has 0 bridgehead atoms. The maximum atomic E-state index is 5.75. The first-order valence-electron chi connectivity index (χ1n) is 8.39. The number of rotatable bonds is 5. The lowest BCUT2D eigenvalue weighted by Crippen LogP contribution is -2.34. The second-order valence-electron chi connectivity index (χ2n) is 6.53. The molecule has 3 rings (SSSR count). The first-order chi connectivity index (χ1) is 9.88. The van der Waals surface area contributed by atoms with Crippen molar-refractivity contribution < 1.29 is 0 Å². The highest BCUT2D eigenvalue weighted by molar-refractivity contribution is 5.27. The van der Waals surface area contributed by atoms with Crippen molar-refractivity contribution in [3.8, 4) is 0 Å². The average Bonchev–Trinajstić information content (AvgIpc) is 3.11. The molecule has 1 atom stereocenters. The van der Waals surface area contributed by atoms with E-state index in [0.717, 1.165) is 31.5 Å². The molecule has 2 aliphatic rings. The van der Waals surface area contributed by atoms with Gasteiger partial charge in [-0.25, -0.2) is 0 Å². The van der Waals surface area contributed by atoms with Crippen LogP contribution in [0.2, 0.25) is 0 Å². The molecular formula is C18H28N2. The van der Waals surface area contributed by atoms with E-state index in [4.69, 9.17) is 5.73 Å². The third kappa shape index (κ3) is 3.07. The summed E-state index contributed by atoms with van der Waals surface area (Å²) in [5.41, 5.74) is 8.70. The molecule has 2 nitrogen and oxygen atoms in total. The summed E-state index contributed by atoms with van der Waals surface area (Å²) in [7, 11) is 0. The molecule has 0 aromatic heterocycles. The van der Waals surface area contributed by atoms with Crippen LogP contribution in [-0.4, -0.2) is 24.0 Å². The van der Waals surface area contributed by atoms with Gasteiger partial charge < -0.3 is 5.73 Å². The Kier molecular flexibility index (Phi) is 4.74. The highest BCUT2D eigenvalue weighted by Crippen LogP contribution is 2.36.